The minimum Gasteiger partial charge on any atom is -0.316 e. The second-order valence-electron chi connectivity index (χ2n) is 2.48. The zero-order valence-electron chi connectivity index (χ0n) is 5.54. The zero-order valence-corrected chi connectivity index (χ0v) is 5.54. The summed E-state index contributed by atoms with van der Waals surface area (Å²) in [5.41, 5.74) is 0. The lowest BCUT2D eigenvalue weighted by Gasteiger charge is -1.98. The Bertz CT molecular complexity index is 188. The number of nitrogens with zero attached hydrogens (tertiary/aromatic N) is 3. The largest absolute Gasteiger partial charge is 0.316 e. The van der Waals surface area contributed by atoms with Crippen molar-refractivity contribution >= 4 is 0 Å². The molecule has 0 saturated carbocycles. The maximum Gasteiger partial charge on any atom is 0.152 e. The van der Waals surface area contributed by atoms with Crippen LogP contribution in [0.1, 0.15) is 18.2 Å². The van der Waals surface area contributed by atoms with E-state index in [0.717, 1.165) is 25.3 Å². The van der Waals surface area contributed by atoms with Gasteiger partial charge < -0.3 is 5.32 Å². The molecule has 0 amide bonds. The monoisotopic (exact) mass is 139 g/mol. The third-order valence-corrected chi connectivity index (χ3v) is 1.81. The number of aromatic amines is 1. The molecule has 1 atom stereocenters. The van der Waals surface area contributed by atoms with Crippen LogP contribution in [0.3, 0.4) is 0 Å². The Hall–Kier alpha value is -0.970. The van der Waals surface area contributed by atoms with Gasteiger partial charge in [0.2, 0.25) is 0 Å². The van der Waals surface area contributed by atoms with Crippen molar-refractivity contribution in [2.75, 3.05) is 13.1 Å². The standard InChI is InChI=1S/C5H9N5/c1-2-6-3-4(1)5-7-9-10-8-5/h4,6H,1-3H2,(H,7,8,9,10). The van der Waals surface area contributed by atoms with Crippen LogP contribution in [0, 0.1) is 0 Å². The summed E-state index contributed by atoms with van der Waals surface area (Å²) in [7, 11) is 0. The van der Waals surface area contributed by atoms with Crippen LogP contribution in [0.4, 0.5) is 0 Å². The van der Waals surface area contributed by atoms with Crippen molar-refractivity contribution in [2.45, 2.75) is 12.3 Å². The fourth-order valence-electron chi connectivity index (χ4n) is 1.23. The summed E-state index contributed by atoms with van der Waals surface area (Å²) in [4.78, 5) is 0. The highest BCUT2D eigenvalue weighted by molar-refractivity contribution is 4.95. The molecule has 1 aromatic rings. The fourth-order valence-corrected chi connectivity index (χ4v) is 1.23. The molecule has 54 valence electrons. The molecule has 1 unspecified atom stereocenters. The van der Waals surface area contributed by atoms with Gasteiger partial charge in [0.05, 0.1) is 0 Å². The Balaban J connectivity index is 2.12. The summed E-state index contributed by atoms with van der Waals surface area (Å²) in [6.07, 6.45) is 1.14. The predicted molar refractivity (Wildman–Crippen MR) is 34.4 cm³/mol. The van der Waals surface area contributed by atoms with Gasteiger partial charge in [0.25, 0.3) is 0 Å². The van der Waals surface area contributed by atoms with Crippen LogP contribution in [-0.4, -0.2) is 33.7 Å². The summed E-state index contributed by atoms with van der Waals surface area (Å²) in [5, 5.41) is 16.9. The Morgan fingerprint density at radius 2 is 2.50 bits per heavy atom. The van der Waals surface area contributed by atoms with E-state index in [0.29, 0.717) is 5.92 Å². The van der Waals surface area contributed by atoms with Crippen LogP contribution in [-0.2, 0) is 0 Å². The van der Waals surface area contributed by atoms with Gasteiger partial charge in [-0.15, -0.1) is 5.10 Å². The summed E-state index contributed by atoms with van der Waals surface area (Å²) < 4.78 is 0. The SMILES string of the molecule is C1CC(c2nnn[nH]2)CN1. The molecular formula is C5H9N5. The van der Waals surface area contributed by atoms with Crippen LogP contribution in [0.25, 0.3) is 0 Å². The average Bonchev–Trinajstić information content (AvgIpc) is 2.59. The van der Waals surface area contributed by atoms with Crippen molar-refractivity contribution < 1.29 is 0 Å². The van der Waals surface area contributed by atoms with E-state index in [-0.39, 0.29) is 0 Å². The summed E-state index contributed by atoms with van der Waals surface area (Å²) in [5.74, 6) is 1.40. The summed E-state index contributed by atoms with van der Waals surface area (Å²) >= 11 is 0. The van der Waals surface area contributed by atoms with Crippen molar-refractivity contribution in [1.82, 2.24) is 25.9 Å². The van der Waals surface area contributed by atoms with Crippen molar-refractivity contribution in [1.29, 1.82) is 0 Å². The Kier molecular flexibility index (Phi) is 1.35. The second-order valence-corrected chi connectivity index (χ2v) is 2.48. The Morgan fingerprint density at radius 1 is 1.50 bits per heavy atom. The molecular weight excluding hydrogens is 130 g/mol. The smallest absolute Gasteiger partial charge is 0.152 e. The van der Waals surface area contributed by atoms with Crippen LogP contribution < -0.4 is 5.32 Å². The molecule has 0 spiro atoms. The molecule has 5 nitrogen and oxygen atoms in total. The van der Waals surface area contributed by atoms with E-state index in [4.69, 9.17) is 0 Å². The quantitative estimate of drug-likeness (QED) is 0.538. The van der Waals surface area contributed by atoms with Gasteiger partial charge in [-0.2, -0.15) is 0 Å². The van der Waals surface area contributed by atoms with Crippen LogP contribution in [0.2, 0.25) is 0 Å². The number of hydrogen-bond acceptors (Lipinski definition) is 4. The molecule has 0 aromatic carbocycles. The lowest BCUT2D eigenvalue weighted by Crippen LogP contribution is -2.08. The van der Waals surface area contributed by atoms with Crippen LogP contribution >= 0.6 is 0 Å². The van der Waals surface area contributed by atoms with Crippen molar-refractivity contribution in [3.63, 3.8) is 0 Å². The van der Waals surface area contributed by atoms with Crippen molar-refractivity contribution in [3.8, 4) is 0 Å². The van der Waals surface area contributed by atoms with Crippen molar-refractivity contribution in [3.05, 3.63) is 5.82 Å². The molecule has 2 N–H and O–H groups in total. The number of H-pyrrole nitrogens is 1. The van der Waals surface area contributed by atoms with E-state index in [1.807, 2.05) is 0 Å². The third kappa shape index (κ3) is 0.881. The van der Waals surface area contributed by atoms with Crippen LogP contribution in [0.15, 0.2) is 0 Å². The topological polar surface area (TPSA) is 66.5 Å². The van der Waals surface area contributed by atoms with Gasteiger partial charge in [-0.05, 0) is 23.4 Å². The lowest BCUT2D eigenvalue weighted by molar-refractivity contribution is 0.704. The van der Waals surface area contributed by atoms with Gasteiger partial charge in [0.15, 0.2) is 5.82 Å². The second kappa shape index (κ2) is 2.34. The minimum absolute atomic E-state index is 0.495. The molecule has 2 heterocycles. The molecule has 1 aliphatic heterocycles. The maximum absolute atomic E-state index is 3.84. The molecule has 1 saturated heterocycles. The van der Waals surface area contributed by atoms with Gasteiger partial charge in [-0.1, -0.05) is 0 Å². The maximum atomic E-state index is 3.84. The molecule has 2 rings (SSSR count). The molecule has 10 heavy (non-hydrogen) atoms. The first-order valence-electron chi connectivity index (χ1n) is 3.41. The molecule has 0 radical (unpaired) electrons. The van der Waals surface area contributed by atoms with E-state index < -0.39 is 0 Å². The van der Waals surface area contributed by atoms with Gasteiger partial charge in [0.1, 0.15) is 0 Å². The molecule has 0 bridgehead atoms. The highest BCUT2D eigenvalue weighted by Gasteiger charge is 2.18. The van der Waals surface area contributed by atoms with E-state index in [9.17, 15) is 0 Å². The Morgan fingerprint density at radius 3 is 3.10 bits per heavy atom. The minimum atomic E-state index is 0.495. The number of nitrogens with one attached hydrogen (secondary N) is 2. The highest BCUT2D eigenvalue weighted by atomic mass is 15.5. The normalized spacial score (nSPS) is 25.4. The lowest BCUT2D eigenvalue weighted by atomic mass is 10.1. The number of tetrazole rings is 1. The van der Waals surface area contributed by atoms with Crippen LogP contribution in [0.5, 0.6) is 0 Å². The number of rotatable bonds is 1. The number of hydrogen-bond donors (Lipinski definition) is 2. The zero-order chi connectivity index (χ0) is 6.81. The first-order valence-corrected chi connectivity index (χ1v) is 3.41. The van der Waals surface area contributed by atoms with E-state index >= 15 is 0 Å². The molecule has 5 heteroatoms. The van der Waals surface area contributed by atoms with Gasteiger partial charge in [-0.25, -0.2) is 5.10 Å². The van der Waals surface area contributed by atoms with Crippen molar-refractivity contribution in [2.24, 2.45) is 0 Å². The average molecular weight is 139 g/mol. The summed E-state index contributed by atoms with van der Waals surface area (Å²) in [6.45, 7) is 2.07. The highest BCUT2D eigenvalue weighted by Crippen LogP contribution is 2.16. The predicted octanol–water partition coefficient (Wildman–Crippen LogP) is -0.723. The first kappa shape index (κ1) is 5.79. The van der Waals surface area contributed by atoms with Gasteiger partial charge >= 0.3 is 0 Å². The van der Waals surface area contributed by atoms with E-state index in [1.54, 1.807) is 0 Å². The van der Waals surface area contributed by atoms with Gasteiger partial charge in [0, 0.05) is 12.5 Å². The third-order valence-electron chi connectivity index (χ3n) is 1.81. The molecule has 1 aliphatic rings. The molecule has 0 aliphatic carbocycles. The fraction of sp³-hybridized carbons (Fsp3) is 0.800. The van der Waals surface area contributed by atoms with E-state index in [2.05, 4.69) is 25.9 Å². The summed E-state index contributed by atoms with van der Waals surface area (Å²) in [6, 6.07) is 0. The number of aromatic nitrogens is 4. The molecule has 1 fully saturated rings. The molecule has 1 aromatic heterocycles. The first-order chi connectivity index (χ1) is 4.97. The van der Waals surface area contributed by atoms with Gasteiger partial charge in [-0.3, -0.25) is 0 Å². The van der Waals surface area contributed by atoms with E-state index in [1.165, 1.54) is 0 Å². The Labute approximate surface area is 58.2 Å².